The van der Waals surface area contributed by atoms with Gasteiger partial charge in [-0.05, 0) is 36.2 Å². The first-order valence-electron chi connectivity index (χ1n) is 7.04. The lowest BCUT2D eigenvalue weighted by atomic mass is 10.0. The molecule has 0 atom stereocenters. The minimum absolute atomic E-state index is 0.791. The minimum atomic E-state index is 0.791. The summed E-state index contributed by atoms with van der Waals surface area (Å²) in [6.07, 6.45) is 4.56. The normalized spacial score (nSPS) is 14.2. The highest BCUT2D eigenvalue weighted by Gasteiger charge is 2.22. The fourth-order valence-corrected chi connectivity index (χ4v) is 2.97. The number of hydrogen-bond acceptors (Lipinski definition) is 4. The first-order valence-corrected chi connectivity index (χ1v) is 7.04. The van der Waals surface area contributed by atoms with Crippen LogP contribution in [0.4, 0.5) is 5.95 Å². The highest BCUT2D eigenvalue weighted by molar-refractivity contribution is 5.86. The lowest BCUT2D eigenvalue weighted by Crippen LogP contribution is -2.31. The molecule has 3 heterocycles. The SMILES string of the molecule is COc1ccc2[nH]c3c(c2c1)CCN(c1ncccn1)C3. The maximum absolute atomic E-state index is 5.33. The Hall–Kier alpha value is -2.56. The van der Waals surface area contributed by atoms with E-state index in [1.54, 1.807) is 19.5 Å². The number of nitrogens with zero attached hydrogens (tertiary/aromatic N) is 3. The average molecular weight is 280 g/mol. The van der Waals surface area contributed by atoms with Crippen LogP contribution >= 0.6 is 0 Å². The van der Waals surface area contributed by atoms with Gasteiger partial charge in [-0.3, -0.25) is 0 Å². The number of benzene rings is 1. The molecule has 3 aromatic rings. The Morgan fingerprint density at radius 1 is 1.24 bits per heavy atom. The molecule has 0 amide bonds. The van der Waals surface area contributed by atoms with Crippen molar-refractivity contribution in [2.75, 3.05) is 18.6 Å². The van der Waals surface area contributed by atoms with Crippen LogP contribution in [-0.2, 0) is 13.0 Å². The van der Waals surface area contributed by atoms with Crippen molar-refractivity contribution in [2.24, 2.45) is 0 Å². The fourth-order valence-electron chi connectivity index (χ4n) is 2.97. The van der Waals surface area contributed by atoms with E-state index in [9.17, 15) is 0 Å². The van der Waals surface area contributed by atoms with Gasteiger partial charge in [0.15, 0.2) is 0 Å². The number of ether oxygens (including phenoxy) is 1. The topological polar surface area (TPSA) is 54.0 Å². The molecule has 0 spiro atoms. The number of aromatic nitrogens is 3. The van der Waals surface area contributed by atoms with Gasteiger partial charge in [0, 0.05) is 35.5 Å². The molecule has 1 aliphatic heterocycles. The Bertz CT molecular complexity index is 782. The van der Waals surface area contributed by atoms with Crippen molar-refractivity contribution in [3.63, 3.8) is 0 Å². The van der Waals surface area contributed by atoms with Crippen molar-refractivity contribution in [3.05, 3.63) is 47.9 Å². The van der Waals surface area contributed by atoms with Gasteiger partial charge in [-0.1, -0.05) is 0 Å². The number of nitrogens with one attached hydrogen (secondary N) is 1. The van der Waals surface area contributed by atoms with Crippen molar-refractivity contribution in [3.8, 4) is 5.75 Å². The number of H-pyrrole nitrogens is 1. The van der Waals surface area contributed by atoms with Crippen molar-refractivity contribution in [1.29, 1.82) is 0 Å². The van der Waals surface area contributed by atoms with E-state index in [0.717, 1.165) is 36.7 Å². The molecule has 0 unspecified atom stereocenters. The first-order chi connectivity index (χ1) is 10.3. The van der Waals surface area contributed by atoms with E-state index in [1.807, 2.05) is 12.1 Å². The molecule has 0 saturated heterocycles. The maximum atomic E-state index is 5.33. The second-order valence-electron chi connectivity index (χ2n) is 5.21. The smallest absolute Gasteiger partial charge is 0.225 e. The second-order valence-corrected chi connectivity index (χ2v) is 5.21. The Morgan fingerprint density at radius 2 is 2.10 bits per heavy atom. The third-order valence-corrected chi connectivity index (χ3v) is 4.02. The van der Waals surface area contributed by atoms with Crippen molar-refractivity contribution < 1.29 is 4.74 Å². The molecule has 0 aliphatic carbocycles. The zero-order valence-electron chi connectivity index (χ0n) is 11.8. The van der Waals surface area contributed by atoms with E-state index in [2.05, 4.69) is 32.0 Å². The third kappa shape index (κ3) is 2.01. The zero-order chi connectivity index (χ0) is 14.2. The molecule has 5 heteroatoms. The monoisotopic (exact) mass is 280 g/mol. The molecular weight excluding hydrogens is 264 g/mol. The lowest BCUT2D eigenvalue weighted by Gasteiger charge is -2.26. The summed E-state index contributed by atoms with van der Waals surface area (Å²) in [5.41, 5.74) is 3.80. The molecule has 1 N–H and O–H groups in total. The Kier molecular flexibility index (Phi) is 2.77. The van der Waals surface area contributed by atoms with E-state index in [4.69, 9.17) is 4.74 Å². The van der Waals surface area contributed by atoms with Gasteiger partial charge >= 0.3 is 0 Å². The molecule has 2 aromatic heterocycles. The number of fused-ring (bicyclic) bond motifs is 3. The number of rotatable bonds is 2. The van der Waals surface area contributed by atoms with Crippen LogP contribution in [-0.4, -0.2) is 28.6 Å². The maximum Gasteiger partial charge on any atom is 0.225 e. The predicted molar refractivity (Wildman–Crippen MR) is 81.6 cm³/mol. The van der Waals surface area contributed by atoms with Crippen LogP contribution in [0.3, 0.4) is 0 Å². The molecule has 21 heavy (non-hydrogen) atoms. The number of anilines is 1. The van der Waals surface area contributed by atoms with Gasteiger partial charge in [0.25, 0.3) is 0 Å². The average Bonchev–Trinajstić information content (AvgIpc) is 2.92. The van der Waals surface area contributed by atoms with E-state index in [-0.39, 0.29) is 0 Å². The molecule has 1 aromatic carbocycles. The van der Waals surface area contributed by atoms with Gasteiger partial charge in [-0.15, -0.1) is 0 Å². The molecule has 0 bridgehead atoms. The van der Waals surface area contributed by atoms with E-state index in [1.165, 1.54) is 16.6 Å². The fraction of sp³-hybridized carbons (Fsp3) is 0.250. The highest BCUT2D eigenvalue weighted by atomic mass is 16.5. The van der Waals surface area contributed by atoms with Crippen LogP contribution in [0.15, 0.2) is 36.7 Å². The summed E-state index contributed by atoms with van der Waals surface area (Å²) in [6, 6.07) is 8.02. The van der Waals surface area contributed by atoms with Gasteiger partial charge in [0.2, 0.25) is 5.95 Å². The van der Waals surface area contributed by atoms with Crippen LogP contribution in [0.2, 0.25) is 0 Å². The van der Waals surface area contributed by atoms with Crippen LogP contribution in [0.1, 0.15) is 11.3 Å². The Morgan fingerprint density at radius 3 is 2.90 bits per heavy atom. The summed E-state index contributed by atoms with van der Waals surface area (Å²) in [5, 5.41) is 1.26. The number of hydrogen-bond donors (Lipinski definition) is 1. The second kappa shape index (κ2) is 4.77. The van der Waals surface area contributed by atoms with Crippen molar-refractivity contribution >= 4 is 16.9 Å². The van der Waals surface area contributed by atoms with Crippen LogP contribution in [0.25, 0.3) is 10.9 Å². The Balaban J connectivity index is 1.73. The van der Waals surface area contributed by atoms with E-state index in [0.29, 0.717) is 0 Å². The van der Waals surface area contributed by atoms with Crippen LogP contribution in [0, 0.1) is 0 Å². The van der Waals surface area contributed by atoms with E-state index >= 15 is 0 Å². The summed E-state index contributed by atoms with van der Waals surface area (Å²) in [4.78, 5) is 14.4. The standard InChI is InChI=1S/C16H16N4O/c1-21-11-3-4-14-13(9-11)12-5-8-20(10-15(12)19-14)16-17-6-2-7-18-16/h2-4,6-7,9,19H,5,8,10H2,1H3. The summed E-state index contributed by atoms with van der Waals surface area (Å²) >= 11 is 0. The molecular formula is C16H16N4O. The Labute approximate surface area is 122 Å². The van der Waals surface area contributed by atoms with Crippen molar-refractivity contribution in [2.45, 2.75) is 13.0 Å². The number of aromatic amines is 1. The third-order valence-electron chi connectivity index (χ3n) is 4.02. The summed E-state index contributed by atoms with van der Waals surface area (Å²) in [7, 11) is 1.70. The molecule has 0 radical (unpaired) electrons. The summed E-state index contributed by atoms with van der Waals surface area (Å²) in [6.45, 7) is 1.75. The summed E-state index contributed by atoms with van der Waals surface area (Å²) < 4.78 is 5.33. The predicted octanol–water partition coefficient (Wildman–Crippen LogP) is 2.53. The molecule has 0 saturated carbocycles. The molecule has 106 valence electrons. The van der Waals surface area contributed by atoms with Gasteiger partial charge < -0.3 is 14.6 Å². The molecule has 0 fully saturated rings. The minimum Gasteiger partial charge on any atom is -0.497 e. The zero-order valence-corrected chi connectivity index (χ0v) is 11.8. The van der Waals surface area contributed by atoms with Gasteiger partial charge in [0.1, 0.15) is 5.75 Å². The highest BCUT2D eigenvalue weighted by Crippen LogP contribution is 2.31. The number of methoxy groups -OCH3 is 1. The van der Waals surface area contributed by atoms with Crippen molar-refractivity contribution in [1.82, 2.24) is 15.0 Å². The molecule has 5 nitrogen and oxygen atoms in total. The quantitative estimate of drug-likeness (QED) is 0.783. The van der Waals surface area contributed by atoms with Gasteiger partial charge in [-0.25, -0.2) is 9.97 Å². The van der Waals surface area contributed by atoms with Gasteiger partial charge in [0.05, 0.1) is 13.7 Å². The lowest BCUT2D eigenvalue weighted by molar-refractivity contribution is 0.415. The van der Waals surface area contributed by atoms with Crippen LogP contribution in [0.5, 0.6) is 5.75 Å². The first kappa shape index (κ1) is 12.2. The van der Waals surface area contributed by atoms with Gasteiger partial charge in [-0.2, -0.15) is 0 Å². The van der Waals surface area contributed by atoms with Crippen LogP contribution < -0.4 is 9.64 Å². The van der Waals surface area contributed by atoms with E-state index < -0.39 is 0 Å². The molecule has 1 aliphatic rings. The largest absolute Gasteiger partial charge is 0.497 e. The molecule has 4 rings (SSSR count). The summed E-state index contributed by atoms with van der Waals surface area (Å²) in [5.74, 6) is 1.69.